The van der Waals surface area contributed by atoms with Gasteiger partial charge in [0.2, 0.25) is 0 Å². The average Bonchev–Trinajstić information content (AvgIpc) is 2.93. The first-order valence-corrected chi connectivity index (χ1v) is 6.60. The van der Waals surface area contributed by atoms with Crippen molar-refractivity contribution in [1.82, 2.24) is 9.55 Å². The summed E-state index contributed by atoms with van der Waals surface area (Å²) in [5.74, 6) is 0.699. The highest BCUT2D eigenvalue weighted by Crippen LogP contribution is 2.31. The summed E-state index contributed by atoms with van der Waals surface area (Å²) in [6.45, 7) is 3.33. The number of anilines is 1. The third-order valence-corrected chi connectivity index (χ3v) is 3.66. The molecule has 0 saturated carbocycles. The summed E-state index contributed by atoms with van der Waals surface area (Å²) in [7, 11) is 0. The van der Waals surface area contributed by atoms with Crippen LogP contribution < -0.4 is 4.90 Å². The molecule has 3 rings (SSSR count). The van der Waals surface area contributed by atoms with Crippen LogP contribution in [-0.2, 0) is 13.1 Å². The molecule has 0 fully saturated rings. The molecular weight excluding hydrogens is 272 g/mol. The van der Waals surface area contributed by atoms with E-state index in [-0.39, 0.29) is 11.5 Å². The maximum Gasteiger partial charge on any atom is 0.293 e. The molecular formula is C14H14N4O3. The van der Waals surface area contributed by atoms with Crippen molar-refractivity contribution < 1.29 is 9.72 Å². The predicted octanol–water partition coefficient (Wildman–Crippen LogP) is 2.01. The molecule has 0 atom stereocenters. The first-order valence-electron chi connectivity index (χ1n) is 6.60. The highest BCUT2D eigenvalue weighted by molar-refractivity contribution is 5.95. The first-order chi connectivity index (χ1) is 10.1. The van der Waals surface area contributed by atoms with E-state index in [0.29, 0.717) is 24.3 Å². The third kappa shape index (κ3) is 2.37. The molecule has 1 aromatic carbocycles. The Labute approximate surface area is 121 Å². The Bertz CT molecular complexity index is 723. The van der Waals surface area contributed by atoms with E-state index < -0.39 is 4.92 Å². The van der Waals surface area contributed by atoms with Gasteiger partial charge in [0.25, 0.3) is 5.69 Å². The zero-order chi connectivity index (χ0) is 15.0. The van der Waals surface area contributed by atoms with E-state index in [2.05, 4.69) is 4.98 Å². The fraction of sp³-hybridized carbons (Fsp3) is 0.286. The van der Waals surface area contributed by atoms with Crippen LogP contribution in [0.1, 0.15) is 23.1 Å². The molecule has 1 aliphatic heterocycles. The maximum absolute atomic E-state index is 11.4. The number of nitro benzene ring substituents is 1. The molecule has 0 N–H and O–H groups in total. The highest BCUT2D eigenvalue weighted by atomic mass is 16.6. The number of imidazole rings is 1. The molecule has 0 bridgehead atoms. The Kier molecular flexibility index (Phi) is 3.17. The van der Waals surface area contributed by atoms with Crippen molar-refractivity contribution in [2.45, 2.75) is 20.0 Å². The van der Waals surface area contributed by atoms with Gasteiger partial charge in [-0.3, -0.25) is 14.9 Å². The van der Waals surface area contributed by atoms with Gasteiger partial charge >= 0.3 is 0 Å². The number of hydrogen-bond donors (Lipinski definition) is 0. The van der Waals surface area contributed by atoms with Gasteiger partial charge in [0.1, 0.15) is 11.5 Å². The molecule has 0 aliphatic carbocycles. The molecule has 21 heavy (non-hydrogen) atoms. The lowest BCUT2D eigenvalue weighted by Crippen LogP contribution is -2.34. The van der Waals surface area contributed by atoms with E-state index in [1.807, 2.05) is 15.7 Å². The van der Waals surface area contributed by atoms with Gasteiger partial charge in [-0.2, -0.15) is 0 Å². The third-order valence-electron chi connectivity index (χ3n) is 3.66. The number of nitrogens with zero attached hydrogens (tertiary/aromatic N) is 4. The molecule has 0 radical (unpaired) electrons. The molecule has 1 aromatic heterocycles. The monoisotopic (exact) mass is 286 g/mol. The van der Waals surface area contributed by atoms with Crippen molar-refractivity contribution in [1.29, 1.82) is 0 Å². The predicted molar refractivity (Wildman–Crippen MR) is 76.4 cm³/mol. The number of carbonyl (C=O) groups excluding carboxylic acids is 1. The lowest BCUT2D eigenvalue weighted by molar-refractivity contribution is -0.384. The molecule has 2 heterocycles. The SMILES string of the molecule is CC(=O)c1ccc(N2CCn3ccnc3C2)c([N+](=O)[O-])c1. The van der Waals surface area contributed by atoms with Gasteiger partial charge < -0.3 is 9.47 Å². The largest absolute Gasteiger partial charge is 0.357 e. The van der Waals surface area contributed by atoms with Crippen molar-refractivity contribution in [2.24, 2.45) is 0 Å². The quantitative estimate of drug-likeness (QED) is 0.490. The Morgan fingerprint density at radius 2 is 2.19 bits per heavy atom. The van der Waals surface area contributed by atoms with E-state index in [4.69, 9.17) is 0 Å². The summed E-state index contributed by atoms with van der Waals surface area (Å²) >= 11 is 0. The minimum Gasteiger partial charge on any atom is -0.357 e. The minimum atomic E-state index is -0.442. The lowest BCUT2D eigenvalue weighted by Gasteiger charge is -2.29. The second-order valence-corrected chi connectivity index (χ2v) is 4.98. The van der Waals surface area contributed by atoms with E-state index in [9.17, 15) is 14.9 Å². The van der Waals surface area contributed by atoms with Crippen molar-refractivity contribution in [3.63, 3.8) is 0 Å². The van der Waals surface area contributed by atoms with Crippen molar-refractivity contribution in [2.75, 3.05) is 11.4 Å². The van der Waals surface area contributed by atoms with Crippen LogP contribution in [0.3, 0.4) is 0 Å². The van der Waals surface area contributed by atoms with Crippen LogP contribution in [0, 0.1) is 10.1 Å². The number of nitro groups is 1. The lowest BCUT2D eigenvalue weighted by atomic mass is 10.1. The molecule has 0 saturated heterocycles. The summed E-state index contributed by atoms with van der Waals surface area (Å²) in [6, 6.07) is 4.62. The van der Waals surface area contributed by atoms with Gasteiger partial charge in [0.05, 0.1) is 11.5 Å². The smallest absolute Gasteiger partial charge is 0.293 e. The molecule has 7 nitrogen and oxygen atoms in total. The number of Topliss-reactive ketones (excluding diaryl/α,β-unsaturated/α-hetero) is 1. The minimum absolute atomic E-state index is 0.0392. The zero-order valence-electron chi connectivity index (χ0n) is 11.5. The van der Waals surface area contributed by atoms with Crippen LogP contribution >= 0.6 is 0 Å². The second-order valence-electron chi connectivity index (χ2n) is 4.98. The van der Waals surface area contributed by atoms with Gasteiger partial charge in [-0.1, -0.05) is 0 Å². The van der Waals surface area contributed by atoms with Crippen LogP contribution in [0.5, 0.6) is 0 Å². The van der Waals surface area contributed by atoms with Gasteiger partial charge in [-0.05, 0) is 19.1 Å². The first kappa shape index (κ1) is 13.3. The molecule has 0 unspecified atom stereocenters. The Hall–Kier alpha value is -2.70. The van der Waals surface area contributed by atoms with E-state index in [1.54, 1.807) is 18.3 Å². The second kappa shape index (κ2) is 5.01. The number of benzene rings is 1. The van der Waals surface area contributed by atoms with E-state index >= 15 is 0 Å². The zero-order valence-corrected chi connectivity index (χ0v) is 11.5. The molecule has 7 heteroatoms. The number of ketones is 1. The fourth-order valence-electron chi connectivity index (χ4n) is 2.54. The molecule has 2 aromatic rings. The van der Waals surface area contributed by atoms with Gasteiger partial charge in [-0.15, -0.1) is 0 Å². The van der Waals surface area contributed by atoms with Crippen LogP contribution in [0.15, 0.2) is 30.6 Å². The number of aromatic nitrogens is 2. The number of rotatable bonds is 3. The molecule has 1 aliphatic rings. The number of fused-ring (bicyclic) bond motifs is 1. The normalized spacial score (nSPS) is 13.9. The number of hydrogen-bond acceptors (Lipinski definition) is 5. The fourth-order valence-corrected chi connectivity index (χ4v) is 2.54. The van der Waals surface area contributed by atoms with Crippen molar-refractivity contribution in [3.05, 3.63) is 52.1 Å². The summed E-state index contributed by atoms with van der Waals surface area (Å²) in [4.78, 5) is 28.4. The maximum atomic E-state index is 11.4. The molecule has 0 amide bonds. The summed E-state index contributed by atoms with van der Waals surface area (Å²) in [5, 5.41) is 11.3. The summed E-state index contributed by atoms with van der Waals surface area (Å²) < 4.78 is 2.03. The molecule has 0 spiro atoms. The van der Waals surface area contributed by atoms with Crippen LogP contribution in [0.25, 0.3) is 0 Å². The van der Waals surface area contributed by atoms with Gasteiger partial charge in [-0.25, -0.2) is 4.98 Å². The number of carbonyl (C=O) groups is 1. The van der Waals surface area contributed by atoms with Crippen LogP contribution in [0.2, 0.25) is 0 Å². The Morgan fingerprint density at radius 1 is 1.38 bits per heavy atom. The van der Waals surface area contributed by atoms with Crippen LogP contribution in [-0.4, -0.2) is 26.8 Å². The Balaban J connectivity index is 1.99. The van der Waals surface area contributed by atoms with Crippen LogP contribution in [0.4, 0.5) is 11.4 Å². The van der Waals surface area contributed by atoms with Gasteiger partial charge in [0.15, 0.2) is 5.78 Å². The van der Waals surface area contributed by atoms with E-state index in [0.717, 1.165) is 12.4 Å². The summed E-state index contributed by atoms with van der Waals surface area (Å²) in [5.41, 5.74) is 0.839. The summed E-state index contributed by atoms with van der Waals surface area (Å²) in [6.07, 6.45) is 3.63. The molecule has 108 valence electrons. The standard InChI is InChI=1S/C14H14N4O3/c1-10(19)11-2-3-12(13(8-11)18(20)21)17-7-6-16-5-4-15-14(16)9-17/h2-5,8H,6-7,9H2,1H3. The van der Waals surface area contributed by atoms with Crippen molar-refractivity contribution in [3.8, 4) is 0 Å². The van der Waals surface area contributed by atoms with Crippen molar-refractivity contribution >= 4 is 17.2 Å². The highest BCUT2D eigenvalue weighted by Gasteiger charge is 2.24. The topological polar surface area (TPSA) is 81.3 Å². The Morgan fingerprint density at radius 3 is 2.90 bits per heavy atom. The van der Waals surface area contributed by atoms with Gasteiger partial charge in [0, 0.05) is 37.1 Å². The average molecular weight is 286 g/mol. The van der Waals surface area contributed by atoms with E-state index in [1.165, 1.54) is 13.0 Å².